The quantitative estimate of drug-likeness (QED) is 0.482. The topological polar surface area (TPSA) is 71.0 Å². The van der Waals surface area contributed by atoms with Crippen molar-refractivity contribution in [2.75, 3.05) is 18.0 Å². The molecule has 0 saturated carbocycles. The standard InChI is InChI=1S/C20H18ClF3N4O2S2/c21-16-6-4-13(10-15(16)20(22,23)24)32(29,30)14-5-7-17(28-12-25-26-19(28)31)18(11-14)27-8-2-1-3-9-27/h4-7,10-12H,1-3,8-9H2,(H,26,31). The molecule has 0 unspecified atom stereocenters. The van der Waals surface area contributed by atoms with E-state index in [4.69, 9.17) is 23.8 Å². The van der Waals surface area contributed by atoms with Gasteiger partial charge in [0.25, 0.3) is 0 Å². The molecule has 1 aliphatic rings. The Hall–Kier alpha value is -2.37. The SMILES string of the molecule is O=S(=O)(c1ccc(-n2cn[nH]c2=S)c(N2CCCCC2)c1)c1ccc(Cl)c(C(F)(F)F)c1. The van der Waals surface area contributed by atoms with E-state index in [1.165, 1.54) is 18.5 Å². The molecule has 32 heavy (non-hydrogen) atoms. The van der Waals surface area contributed by atoms with Crippen LogP contribution < -0.4 is 4.90 Å². The van der Waals surface area contributed by atoms with Crippen LogP contribution >= 0.6 is 23.8 Å². The van der Waals surface area contributed by atoms with Crippen LogP contribution in [0, 0.1) is 4.77 Å². The van der Waals surface area contributed by atoms with Crippen molar-refractivity contribution in [3.8, 4) is 5.69 Å². The zero-order valence-electron chi connectivity index (χ0n) is 16.6. The van der Waals surface area contributed by atoms with Gasteiger partial charge in [-0.15, -0.1) is 0 Å². The highest BCUT2D eigenvalue weighted by atomic mass is 35.5. The van der Waals surface area contributed by atoms with Crippen molar-refractivity contribution in [1.82, 2.24) is 14.8 Å². The predicted molar refractivity (Wildman–Crippen MR) is 117 cm³/mol. The zero-order chi connectivity index (χ0) is 23.1. The summed E-state index contributed by atoms with van der Waals surface area (Å²) in [5.74, 6) is 0. The Bertz CT molecular complexity index is 1310. The van der Waals surface area contributed by atoms with Gasteiger partial charge >= 0.3 is 6.18 Å². The van der Waals surface area contributed by atoms with Crippen molar-refractivity contribution >= 4 is 39.3 Å². The smallest absolute Gasteiger partial charge is 0.370 e. The molecule has 1 N–H and O–H groups in total. The maximum absolute atomic E-state index is 13.3. The lowest BCUT2D eigenvalue weighted by Crippen LogP contribution is -2.30. The van der Waals surface area contributed by atoms with Crippen molar-refractivity contribution in [2.24, 2.45) is 0 Å². The molecule has 3 aromatic rings. The van der Waals surface area contributed by atoms with Crippen LogP contribution in [0.5, 0.6) is 0 Å². The van der Waals surface area contributed by atoms with Crippen LogP contribution in [0.1, 0.15) is 24.8 Å². The molecule has 1 aliphatic heterocycles. The maximum Gasteiger partial charge on any atom is 0.417 e. The summed E-state index contributed by atoms with van der Waals surface area (Å²) in [5.41, 5.74) is 0.0581. The van der Waals surface area contributed by atoms with Gasteiger partial charge in [-0.25, -0.2) is 8.42 Å². The Labute approximate surface area is 192 Å². The number of benzene rings is 2. The minimum Gasteiger partial charge on any atom is -0.370 e. The molecule has 1 saturated heterocycles. The van der Waals surface area contributed by atoms with E-state index < -0.39 is 31.5 Å². The molecule has 6 nitrogen and oxygen atoms in total. The third-order valence-electron chi connectivity index (χ3n) is 5.32. The number of aromatic nitrogens is 3. The molecule has 1 aromatic heterocycles. The van der Waals surface area contributed by atoms with Crippen LogP contribution in [-0.2, 0) is 16.0 Å². The second kappa shape index (κ2) is 8.53. The fourth-order valence-electron chi connectivity index (χ4n) is 3.71. The normalized spacial score (nSPS) is 15.2. The number of rotatable bonds is 4. The number of sulfone groups is 1. The van der Waals surface area contributed by atoms with Crippen LogP contribution in [0.3, 0.4) is 0 Å². The Morgan fingerprint density at radius 2 is 1.66 bits per heavy atom. The van der Waals surface area contributed by atoms with E-state index in [-0.39, 0.29) is 4.90 Å². The summed E-state index contributed by atoms with van der Waals surface area (Å²) in [7, 11) is -4.24. The van der Waals surface area contributed by atoms with Gasteiger partial charge in [-0.2, -0.15) is 18.3 Å². The first-order valence-electron chi connectivity index (χ1n) is 9.72. The van der Waals surface area contributed by atoms with Gasteiger partial charge in [0.1, 0.15) is 6.33 Å². The predicted octanol–water partition coefficient (Wildman–Crippen LogP) is 5.43. The summed E-state index contributed by atoms with van der Waals surface area (Å²) >= 11 is 10.9. The molecule has 0 atom stereocenters. The highest BCUT2D eigenvalue weighted by Gasteiger charge is 2.35. The monoisotopic (exact) mass is 502 g/mol. The number of piperidine rings is 1. The number of H-pyrrole nitrogens is 1. The lowest BCUT2D eigenvalue weighted by Gasteiger charge is -2.31. The summed E-state index contributed by atoms with van der Waals surface area (Å²) < 4.78 is 68.3. The van der Waals surface area contributed by atoms with Crippen molar-refractivity contribution in [1.29, 1.82) is 0 Å². The Morgan fingerprint density at radius 3 is 2.28 bits per heavy atom. The minimum atomic E-state index is -4.77. The van der Waals surface area contributed by atoms with Gasteiger partial charge in [0.15, 0.2) is 4.77 Å². The number of aromatic amines is 1. The number of hydrogen-bond acceptors (Lipinski definition) is 5. The Balaban J connectivity index is 1.85. The molecule has 2 aromatic carbocycles. The van der Waals surface area contributed by atoms with Crippen LogP contribution in [-0.4, -0.2) is 36.3 Å². The minimum absolute atomic E-state index is 0.118. The summed E-state index contributed by atoms with van der Waals surface area (Å²) in [6.45, 7) is 1.45. The fourth-order valence-corrected chi connectivity index (χ4v) is 5.44. The Morgan fingerprint density at radius 1 is 1.00 bits per heavy atom. The van der Waals surface area contributed by atoms with Crippen LogP contribution in [0.15, 0.2) is 52.5 Å². The fraction of sp³-hybridized carbons (Fsp3) is 0.300. The van der Waals surface area contributed by atoms with Crippen LogP contribution in [0.2, 0.25) is 5.02 Å². The Kier molecular flexibility index (Phi) is 6.08. The highest BCUT2D eigenvalue weighted by Crippen LogP contribution is 2.38. The number of halogens is 4. The average molecular weight is 503 g/mol. The van der Waals surface area contributed by atoms with E-state index in [2.05, 4.69) is 15.1 Å². The average Bonchev–Trinajstić information content (AvgIpc) is 3.19. The number of anilines is 1. The summed E-state index contributed by atoms with van der Waals surface area (Å²) in [6.07, 6.45) is -0.323. The zero-order valence-corrected chi connectivity index (χ0v) is 19.0. The molecule has 0 spiro atoms. The largest absolute Gasteiger partial charge is 0.417 e. The molecule has 12 heteroatoms. The van der Waals surface area contributed by atoms with E-state index in [0.717, 1.165) is 44.5 Å². The second-order valence-electron chi connectivity index (χ2n) is 7.37. The molecule has 4 rings (SSSR count). The molecular formula is C20H18ClF3N4O2S2. The van der Waals surface area contributed by atoms with Gasteiger partial charge in [0, 0.05) is 13.1 Å². The lowest BCUT2D eigenvalue weighted by atomic mass is 10.1. The molecule has 1 fully saturated rings. The molecule has 0 bridgehead atoms. The van der Waals surface area contributed by atoms with Gasteiger partial charge < -0.3 is 4.90 Å². The van der Waals surface area contributed by atoms with Gasteiger partial charge in [-0.3, -0.25) is 9.67 Å². The highest BCUT2D eigenvalue weighted by molar-refractivity contribution is 7.91. The van der Waals surface area contributed by atoms with Gasteiger partial charge in [-0.1, -0.05) is 11.6 Å². The number of hydrogen-bond donors (Lipinski definition) is 1. The summed E-state index contributed by atoms with van der Waals surface area (Å²) in [5, 5.41) is 6.03. The summed E-state index contributed by atoms with van der Waals surface area (Å²) in [6, 6.07) is 7.01. The lowest BCUT2D eigenvalue weighted by molar-refractivity contribution is -0.137. The van der Waals surface area contributed by atoms with Crippen LogP contribution in [0.4, 0.5) is 18.9 Å². The van der Waals surface area contributed by atoms with Gasteiger partial charge in [0.2, 0.25) is 9.84 Å². The molecular weight excluding hydrogens is 485 g/mol. The van der Waals surface area contributed by atoms with Gasteiger partial charge in [-0.05, 0) is 67.9 Å². The molecule has 0 aliphatic carbocycles. The summed E-state index contributed by atoms with van der Waals surface area (Å²) in [4.78, 5) is 1.45. The van der Waals surface area contributed by atoms with Crippen LogP contribution in [0.25, 0.3) is 5.69 Å². The first-order chi connectivity index (χ1) is 15.1. The molecule has 0 radical (unpaired) electrons. The number of nitrogens with zero attached hydrogens (tertiary/aromatic N) is 3. The van der Waals surface area contributed by atoms with Gasteiger partial charge in [0.05, 0.1) is 31.8 Å². The maximum atomic E-state index is 13.3. The first kappa shape index (κ1) is 22.8. The van der Waals surface area contributed by atoms with E-state index in [1.54, 1.807) is 10.6 Å². The van der Waals surface area contributed by atoms with Crippen molar-refractivity contribution in [3.05, 3.63) is 58.1 Å². The van der Waals surface area contributed by atoms with E-state index in [9.17, 15) is 21.6 Å². The number of alkyl halides is 3. The molecule has 170 valence electrons. The number of nitrogens with one attached hydrogen (secondary N) is 1. The third kappa shape index (κ3) is 4.28. The van der Waals surface area contributed by atoms with E-state index in [0.29, 0.717) is 22.2 Å². The second-order valence-corrected chi connectivity index (χ2v) is 10.1. The third-order valence-corrected chi connectivity index (χ3v) is 7.69. The van der Waals surface area contributed by atoms with Crippen molar-refractivity contribution in [2.45, 2.75) is 35.2 Å². The molecule has 0 amide bonds. The first-order valence-corrected chi connectivity index (χ1v) is 12.0. The van der Waals surface area contributed by atoms with E-state index >= 15 is 0 Å². The van der Waals surface area contributed by atoms with Crippen molar-refractivity contribution in [3.63, 3.8) is 0 Å². The molecule has 2 heterocycles. The van der Waals surface area contributed by atoms with E-state index in [1.807, 2.05) is 0 Å². The van der Waals surface area contributed by atoms with Crippen molar-refractivity contribution < 1.29 is 21.6 Å².